The van der Waals surface area contributed by atoms with Gasteiger partial charge in [0, 0.05) is 19.6 Å². The first kappa shape index (κ1) is 18.1. The van der Waals surface area contributed by atoms with Gasteiger partial charge in [0.2, 0.25) is 10.0 Å². The highest BCUT2D eigenvalue weighted by Crippen LogP contribution is 2.13. The van der Waals surface area contributed by atoms with Crippen molar-refractivity contribution < 1.29 is 8.42 Å². The first-order valence-electron chi connectivity index (χ1n) is 7.79. The van der Waals surface area contributed by atoms with Gasteiger partial charge >= 0.3 is 0 Å². The summed E-state index contributed by atoms with van der Waals surface area (Å²) >= 11 is 0. The number of nitrogens with one attached hydrogen (secondary N) is 1. The van der Waals surface area contributed by atoms with E-state index in [9.17, 15) is 8.42 Å². The van der Waals surface area contributed by atoms with Gasteiger partial charge in [-0.2, -0.15) is 0 Å². The van der Waals surface area contributed by atoms with Crippen LogP contribution in [0.5, 0.6) is 0 Å². The van der Waals surface area contributed by atoms with E-state index >= 15 is 0 Å². The molecular weight excluding hydrogens is 284 g/mol. The molecule has 0 aliphatic heterocycles. The van der Waals surface area contributed by atoms with Gasteiger partial charge in [0.25, 0.3) is 0 Å². The summed E-state index contributed by atoms with van der Waals surface area (Å²) in [6.07, 6.45) is 1.70. The normalized spacial score (nSPS) is 12.0. The molecule has 0 aliphatic carbocycles. The molecule has 1 aromatic carbocycles. The third-order valence-electron chi connectivity index (χ3n) is 3.29. The maximum Gasteiger partial charge on any atom is 0.218 e. The highest BCUT2D eigenvalue weighted by atomic mass is 32.2. The molecular formula is C16H28N2O2S. The zero-order valence-corrected chi connectivity index (χ0v) is 14.2. The summed E-state index contributed by atoms with van der Waals surface area (Å²) in [4.78, 5) is 0. The first-order chi connectivity index (χ1) is 10.0. The molecule has 4 nitrogen and oxygen atoms in total. The van der Waals surface area contributed by atoms with Crippen molar-refractivity contribution in [2.75, 3.05) is 19.6 Å². The minimum Gasteiger partial charge on any atom is -0.313 e. The fraction of sp³-hybridized carbons (Fsp3) is 0.625. The Balaban J connectivity index is 2.73. The Hall–Kier alpha value is -0.910. The van der Waals surface area contributed by atoms with Crippen LogP contribution in [0.4, 0.5) is 0 Å². The Labute approximate surface area is 129 Å². The zero-order valence-electron chi connectivity index (χ0n) is 13.4. The van der Waals surface area contributed by atoms with Crippen molar-refractivity contribution in [1.82, 2.24) is 9.62 Å². The molecule has 0 saturated carbocycles. The molecule has 0 spiro atoms. The Morgan fingerprint density at radius 1 is 0.952 bits per heavy atom. The van der Waals surface area contributed by atoms with E-state index < -0.39 is 10.0 Å². The lowest BCUT2D eigenvalue weighted by Crippen LogP contribution is -2.33. The van der Waals surface area contributed by atoms with Crippen LogP contribution in [-0.2, 0) is 22.3 Å². The van der Waals surface area contributed by atoms with Crippen LogP contribution in [0.3, 0.4) is 0 Å². The molecule has 0 fully saturated rings. The summed E-state index contributed by atoms with van der Waals surface area (Å²) < 4.78 is 26.5. The van der Waals surface area contributed by atoms with Gasteiger partial charge in [-0.1, -0.05) is 45.0 Å². The van der Waals surface area contributed by atoms with Gasteiger partial charge in [0.15, 0.2) is 0 Å². The highest BCUT2D eigenvalue weighted by Gasteiger charge is 2.20. The van der Waals surface area contributed by atoms with Crippen molar-refractivity contribution in [2.24, 2.45) is 0 Å². The van der Waals surface area contributed by atoms with Crippen LogP contribution < -0.4 is 5.32 Å². The van der Waals surface area contributed by atoms with Gasteiger partial charge in [-0.3, -0.25) is 0 Å². The minimum atomic E-state index is -3.21. The average Bonchev–Trinajstić information content (AvgIpc) is 2.46. The predicted octanol–water partition coefficient (Wildman–Crippen LogP) is 2.75. The maximum atomic E-state index is 12.5. The smallest absolute Gasteiger partial charge is 0.218 e. The van der Waals surface area contributed by atoms with Gasteiger partial charge < -0.3 is 5.32 Å². The fourth-order valence-corrected chi connectivity index (χ4v) is 3.93. The Bertz CT molecular complexity index is 492. The second kappa shape index (κ2) is 9.18. The summed E-state index contributed by atoms with van der Waals surface area (Å²) in [5, 5.41) is 3.26. The van der Waals surface area contributed by atoms with Crippen LogP contribution in [0.1, 0.15) is 44.7 Å². The molecule has 0 heterocycles. The topological polar surface area (TPSA) is 49.4 Å². The van der Waals surface area contributed by atoms with Crippen molar-refractivity contribution in [2.45, 2.75) is 45.9 Å². The lowest BCUT2D eigenvalue weighted by Gasteiger charge is -2.21. The largest absolute Gasteiger partial charge is 0.313 e. The number of hydrogen-bond acceptors (Lipinski definition) is 3. The summed E-state index contributed by atoms with van der Waals surface area (Å²) in [6.45, 7) is 9.04. The van der Waals surface area contributed by atoms with Crippen LogP contribution in [-0.4, -0.2) is 32.4 Å². The number of rotatable bonds is 10. The molecule has 120 valence electrons. The number of benzene rings is 1. The molecule has 0 saturated heterocycles. The van der Waals surface area contributed by atoms with Crippen LogP contribution >= 0.6 is 0 Å². The van der Waals surface area contributed by atoms with Crippen molar-refractivity contribution in [3.63, 3.8) is 0 Å². The van der Waals surface area contributed by atoms with E-state index in [4.69, 9.17) is 0 Å². The molecule has 1 aromatic rings. The lowest BCUT2D eigenvalue weighted by molar-refractivity contribution is 0.409. The quantitative estimate of drug-likeness (QED) is 0.723. The van der Waals surface area contributed by atoms with E-state index in [-0.39, 0.29) is 5.75 Å². The molecule has 21 heavy (non-hydrogen) atoms. The number of hydrogen-bond donors (Lipinski definition) is 1. The summed E-state index contributed by atoms with van der Waals surface area (Å²) in [5.74, 6) is 0.0918. The van der Waals surface area contributed by atoms with Gasteiger partial charge in [0.1, 0.15) is 0 Å². The van der Waals surface area contributed by atoms with Gasteiger partial charge in [-0.25, -0.2) is 12.7 Å². The second-order valence-electron chi connectivity index (χ2n) is 5.25. The molecule has 0 atom stereocenters. The summed E-state index contributed by atoms with van der Waals surface area (Å²) in [6, 6.07) is 7.83. The summed E-state index contributed by atoms with van der Waals surface area (Å²) in [5.41, 5.74) is 2.03. The van der Waals surface area contributed by atoms with Crippen molar-refractivity contribution in [3.05, 3.63) is 35.4 Å². The van der Waals surface area contributed by atoms with Crippen molar-refractivity contribution >= 4 is 10.0 Å². The van der Waals surface area contributed by atoms with Crippen LogP contribution in [0.25, 0.3) is 0 Å². The van der Waals surface area contributed by atoms with E-state index in [2.05, 4.69) is 12.2 Å². The standard InChI is InChI=1S/C16H28N2O2S/c1-4-11-18(12-5-2)21(19,20)14-16-9-7-15(8-10-16)13-17-6-3/h7-10,17H,4-6,11-14H2,1-3H3. The Kier molecular flexibility index (Phi) is 7.93. The van der Waals surface area contributed by atoms with Crippen LogP contribution in [0, 0.1) is 0 Å². The molecule has 0 aromatic heterocycles. The van der Waals surface area contributed by atoms with E-state index in [1.54, 1.807) is 4.31 Å². The van der Waals surface area contributed by atoms with Gasteiger partial charge in [0.05, 0.1) is 5.75 Å². The third kappa shape index (κ3) is 6.16. The SMILES string of the molecule is CCCN(CCC)S(=O)(=O)Cc1ccc(CNCC)cc1. The van der Waals surface area contributed by atoms with Crippen LogP contribution in [0.2, 0.25) is 0 Å². The minimum absolute atomic E-state index is 0.0918. The van der Waals surface area contributed by atoms with Crippen molar-refractivity contribution in [1.29, 1.82) is 0 Å². The molecule has 0 radical (unpaired) electrons. The van der Waals surface area contributed by atoms with E-state index in [0.29, 0.717) is 13.1 Å². The monoisotopic (exact) mass is 312 g/mol. The average molecular weight is 312 g/mol. The van der Waals surface area contributed by atoms with E-state index in [1.807, 2.05) is 38.1 Å². The van der Waals surface area contributed by atoms with Gasteiger partial charge in [-0.15, -0.1) is 0 Å². The molecule has 0 bridgehead atoms. The summed E-state index contributed by atoms with van der Waals surface area (Å²) in [7, 11) is -3.21. The molecule has 0 unspecified atom stereocenters. The molecule has 0 amide bonds. The Morgan fingerprint density at radius 3 is 1.95 bits per heavy atom. The predicted molar refractivity (Wildman–Crippen MR) is 88.6 cm³/mol. The second-order valence-corrected chi connectivity index (χ2v) is 7.22. The van der Waals surface area contributed by atoms with E-state index in [0.717, 1.165) is 31.5 Å². The maximum absolute atomic E-state index is 12.5. The molecule has 1 rings (SSSR count). The number of nitrogens with zero attached hydrogens (tertiary/aromatic N) is 1. The van der Waals surface area contributed by atoms with E-state index in [1.165, 1.54) is 5.56 Å². The van der Waals surface area contributed by atoms with Gasteiger partial charge in [-0.05, 0) is 30.5 Å². The third-order valence-corrected chi connectivity index (χ3v) is 5.14. The zero-order chi connectivity index (χ0) is 15.7. The molecule has 0 aliphatic rings. The number of sulfonamides is 1. The molecule has 5 heteroatoms. The Morgan fingerprint density at radius 2 is 1.48 bits per heavy atom. The first-order valence-corrected chi connectivity index (χ1v) is 9.40. The molecule has 1 N–H and O–H groups in total. The highest BCUT2D eigenvalue weighted by molar-refractivity contribution is 7.88. The van der Waals surface area contributed by atoms with Crippen molar-refractivity contribution in [3.8, 4) is 0 Å². The fourth-order valence-electron chi connectivity index (χ4n) is 2.21. The van der Waals surface area contributed by atoms with Crippen LogP contribution in [0.15, 0.2) is 24.3 Å². The lowest BCUT2D eigenvalue weighted by atomic mass is 10.1.